The Bertz CT molecular complexity index is 292. The zero-order valence-electron chi connectivity index (χ0n) is 8.96. The highest BCUT2D eigenvalue weighted by Gasteiger charge is 2.34. The summed E-state index contributed by atoms with van der Waals surface area (Å²) >= 11 is 0. The SMILES string of the molecule is CC1(C)CCCC1Nc1ccncc1. The smallest absolute Gasteiger partial charge is 0.0373 e. The highest BCUT2D eigenvalue weighted by molar-refractivity contribution is 5.42. The van der Waals surface area contributed by atoms with Crippen molar-refractivity contribution in [2.45, 2.75) is 39.2 Å². The van der Waals surface area contributed by atoms with E-state index < -0.39 is 0 Å². The third kappa shape index (κ3) is 1.89. The Morgan fingerprint density at radius 3 is 2.64 bits per heavy atom. The van der Waals surface area contributed by atoms with Crippen LogP contribution in [0.25, 0.3) is 0 Å². The molecule has 2 nitrogen and oxygen atoms in total. The summed E-state index contributed by atoms with van der Waals surface area (Å²) in [6.07, 6.45) is 7.63. The second kappa shape index (κ2) is 3.60. The molecule has 0 bridgehead atoms. The lowest BCUT2D eigenvalue weighted by Gasteiger charge is -2.28. The molecule has 0 radical (unpaired) electrons. The summed E-state index contributed by atoms with van der Waals surface area (Å²) in [5, 5.41) is 3.59. The molecular weight excluding hydrogens is 172 g/mol. The van der Waals surface area contributed by atoms with Gasteiger partial charge in [0, 0.05) is 24.1 Å². The largest absolute Gasteiger partial charge is 0.382 e. The van der Waals surface area contributed by atoms with Gasteiger partial charge in [-0.25, -0.2) is 0 Å². The van der Waals surface area contributed by atoms with Crippen molar-refractivity contribution in [3.05, 3.63) is 24.5 Å². The predicted molar refractivity (Wildman–Crippen MR) is 59.3 cm³/mol. The molecule has 0 amide bonds. The molecule has 1 unspecified atom stereocenters. The van der Waals surface area contributed by atoms with Gasteiger partial charge in [0.15, 0.2) is 0 Å². The van der Waals surface area contributed by atoms with Crippen molar-refractivity contribution >= 4 is 5.69 Å². The Morgan fingerprint density at radius 2 is 2.07 bits per heavy atom. The average molecular weight is 190 g/mol. The minimum Gasteiger partial charge on any atom is -0.382 e. The Balaban J connectivity index is 2.05. The van der Waals surface area contributed by atoms with E-state index in [1.807, 2.05) is 24.5 Å². The molecular formula is C12H18N2. The molecule has 1 fully saturated rings. The molecule has 1 atom stereocenters. The van der Waals surface area contributed by atoms with E-state index >= 15 is 0 Å². The van der Waals surface area contributed by atoms with Gasteiger partial charge in [-0.2, -0.15) is 0 Å². The summed E-state index contributed by atoms with van der Waals surface area (Å²) in [5.41, 5.74) is 1.63. The van der Waals surface area contributed by atoms with Crippen LogP contribution in [-0.4, -0.2) is 11.0 Å². The first-order chi connectivity index (χ1) is 6.68. The van der Waals surface area contributed by atoms with Crippen molar-refractivity contribution in [3.8, 4) is 0 Å². The predicted octanol–water partition coefficient (Wildman–Crippen LogP) is 3.07. The number of nitrogens with one attached hydrogen (secondary N) is 1. The monoisotopic (exact) mass is 190 g/mol. The van der Waals surface area contributed by atoms with Gasteiger partial charge in [-0.1, -0.05) is 20.3 Å². The fourth-order valence-electron chi connectivity index (χ4n) is 2.24. The molecule has 0 aromatic carbocycles. The van der Waals surface area contributed by atoms with Crippen molar-refractivity contribution in [2.75, 3.05) is 5.32 Å². The number of hydrogen-bond donors (Lipinski definition) is 1. The van der Waals surface area contributed by atoms with Crippen LogP contribution in [0.15, 0.2) is 24.5 Å². The van der Waals surface area contributed by atoms with Crippen LogP contribution in [0, 0.1) is 5.41 Å². The van der Waals surface area contributed by atoms with Crippen molar-refractivity contribution in [2.24, 2.45) is 5.41 Å². The molecule has 1 heterocycles. The molecule has 2 rings (SSSR count). The average Bonchev–Trinajstić information content (AvgIpc) is 2.48. The summed E-state index contributed by atoms with van der Waals surface area (Å²) < 4.78 is 0. The van der Waals surface area contributed by atoms with Crippen LogP contribution in [0.3, 0.4) is 0 Å². The first-order valence-electron chi connectivity index (χ1n) is 5.35. The summed E-state index contributed by atoms with van der Waals surface area (Å²) in [7, 11) is 0. The molecule has 1 aromatic rings. The Morgan fingerprint density at radius 1 is 1.36 bits per heavy atom. The van der Waals surface area contributed by atoms with Gasteiger partial charge >= 0.3 is 0 Å². The highest BCUT2D eigenvalue weighted by Crippen LogP contribution is 2.38. The van der Waals surface area contributed by atoms with E-state index in [1.54, 1.807) is 0 Å². The fraction of sp³-hybridized carbons (Fsp3) is 0.583. The standard InChI is InChI=1S/C12H18N2/c1-12(2)7-3-4-11(12)14-10-5-8-13-9-6-10/h5-6,8-9,11H,3-4,7H2,1-2H3,(H,13,14). The van der Waals surface area contributed by atoms with Crippen LogP contribution in [0.5, 0.6) is 0 Å². The van der Waals surface area contributed by atoms with Crippen LogP contribution in [0.4, 0.5) is 5.69 Å². The molecule has 0 saturated heterocycles. The molecule has 1 N–H and O–H groups in total. The fourth-order valence-corrected chi connectivity index (χ4v) is 2.24. The third-order valence-electron chi connectivity index (χ3n) is 3.28. The summed E-state index contributed by atoms with van der Waals surface area (Å²) in [6, 6.07) is 4.69. The maximum absolute atomic E-state index is 4.02. The molecule has 1 aliphatic carbocycles. The quantitative estimate of drug-likeness (QED) is 0.775. The maximum Gasteiger partial charge on any atom is 0.0373 e. The number of hydrogen-bond acceptors (Lipinski definition) is 2. The number of rotatable bonds is 2. The Hall–Kier alpha value is -1.05. The summed E-state index contributed by atoms with van der Waals surface area (Å²) in [5.74, 6) is 0. The Labute approximate surface area is 85.7 Å². The second-order valence-electron chi connectivity index (χ2n) is 4.81. The summed E-state index contributed by atoms with van der Waals surface area (Å²) in [6.45, 7) is 4.69. The van der Waals surface area contributed by atoms with E-state index in [0.717, 1.165) is 0 Å². The zero-order chi connectivity index (χ0) is 10.0. The maximum atomic E-state index is 4.02. The minimum absolute atomic E-state index is 0.434. The first-order valence-corrected chi connectivity index (χ1v) is 5.35. The van der Waals surface area contributed by atoms with E-state index in [2.05, 4.69) is 24.1 Å². The molecule has 14 heavy (non-hydrogen) atoms. The van der Waals surface area contributed by atoms with Crippen molar-refractivity contribution in [1.29, 1.82) is 0 Å². The number of anilines is 1. The molecule has 2 heteroatoms. The number of pyridine rings is 1. The van der Waals surface area contributed by atoms with Gasteiger partial charge in [-0.05, 0) is 30.4 Å². The second-order valence-corrected chi connectivity index (χ2v) is 4.81. The van der Waals surface area contributed by atoms with Gasteiger partial charge in [0.2, 0.25) is 0 Å². The lowest BCUT2D eigenvalue weighted by atomic mass is 9.87. The highest BCUT2D eigenvalue weighted by atomic mass is 14.9. The summed E-state index contributed by atoms with van der Waals surface area (Å²) in [4.78, 5) is 4.02. The number of aromatic nitrogens is 1. The van der Waals surface area contributed by atoms with Crippen LogP contribution in [0.1, 0.15) is 33.1 Å². The topological polar surface area (TPSA) is 24.9 Å². The number of nitrogens with zero attached hydrogens (tertiary/aromatic N) is 1. The van der Waals surface area contributed by atoms with Crippen LogP contribution >= 0.6 is 0 Å². The van der Waals surface area contributed by atoms with Gasteiger partial charge in [0.05, 0.1) is 0 Å². The molecule has 76 valence electrons. The van der Waals surface area contributed by atoms with Gasteiger partial charge in [-0.3, -0.25) is 4.98 Å². The molecule has 1 aromatic heterocycles. The van der Waals surface area contributed by atoms with E-state index in [4.69, 9.17) is 0 Å². The molecule has 1 saturated carbocycles. The van der Waals surface area contributed by atoms with E-state index in [0.29, 0.717) is 11.5 Å². The van der Waals surface area contributed by atoms with Gasteiger partial charge < -0.3 is 5.32 Å². The van der Waals surface area contributed by atoms with Crippen LogP contribution < -0.4 is 5.32 Å². The van der Waals surface area contributed by atoms with Crippen molar-refractivity contribution in [3.63, 3.8) is 0 Å². The van der Waals surface area contributed by atoms with Crippen LogP contribution in [0.2, 0.25) is 0 Å². The first kappa shape index (κ1) is 9.50. The molecule has 0 aliphatic heterocycles. The normalized spacial score (nSPS) is 24.9. The third-order valence-corrected chi connectivity index (χ3v) is 3.28. The molecule has 0 spiro atoms. The van der Waals surface area contributed by atoms with E-state index in [-0.39, 0.29) is 0 Å². The van der Waals surface area contributed by atoms with Crippen LogP contribution in [-0.2, 0) is 0 Å². The Kier molecular flexibility index (Phi) is 2.44. The van der Waals surface area contributed by atoms with Crippen molar-refractivity contribution in [1.82, 2.24) is 4.98 Å². The van der Waals surface area contributed by atoms with Crippen molar-refractivity contribution < 1.29 is 0 Å². The minimum atomic E-state index is 0.434. The zero-order valence-corrected chi connectivity index (χ0v) is 8.96. The lowest BCUT2D eigenvalue weighted by molar-refractivity contribution is 0.350. The lowest BCUT2D eigenvalue weighted by Crippen LogP contribution is -2.30. The van der Waals surface area contributed by atoms with Gasteiger partial charge in [-0.15, -0.1) is 0 Å². The van der Waals surface area contributed by atoms with Gasteiger partial charge in [0.25, 0.3) is 0 Å². The van der Waals surface area contributed by atoms with E-state index in [1.165, 1.54) is 24.9 Å². The van der Waals surface area contributed by atoms with E-state index in [9.17, 15) is 0 Å². The van der Waals surface area contributed by atoms with Gasteiger partial charge in [0.1, 0.15) is 0 Å². The molecule has 1 aliphatic rings.